The molecule has 0 aliphatic carbocycles. The lowest BCUT2D eigenvalue weighted by atomic mass is 10.1. The molecular formula is C24H24O4. The predicted octanol–water partition coefficient (Wildman–Crippen LogP) is 5.25. The van der Waals surface area contributed by atoms with Gasteiger partial charge in [0.15, 0.2) is 12.9 Å². The molecule has 0 spiro atoms. The molecule has 3 aromatic rings. The molecule has 0 bridgehead atoms. The molecule has 1 atom stereocenters. The predicted molar refractivity (Wildman–Crippen MR) is 108 cm³/mol. The zero-order valence-electron chi connectivity index (χ0n) is 16.1. The Bertz CT molecular complexity index is 871. The van der Waals surface area contributed by atoms with Gasteiger partial charge in [-0.1, -0.05) is 65.7 Å². The van der Waals surface area contributed by atoms with Gasteiger partial charge in [0.25, 0.3) is 0 Å². The minimum absolute atomic E-state index is 0.0779. The highest BCUT2D eigenvalue weighted by Gasteiger charge is 2.18. The Morgan fingerprint density at radius 1 is 0.821 bits per heavy atom. The van der Waals surface area contributed by atoms with Gasteiger partial charge in [-0.2, -0.15) is 0 Å². The van der Waals surface area contributed by atoms with Crippen LogP contribution in [0.4, 0.5) is 0 Å². The number of benzene rings is 3. The van der Waals surface area contributed by atoms with Crippen LogP contribution in [0.15, 0.2) is 78.9 Å². The van der Waals surface area contributed by atoms with Crippen LogP contribution in [0.3, 0.4) is 0 Å². The van der Waals surface area contributed by atoms with Crippen LogP contribution in [-0.4, -0.2) is 19.4 Å². The highest BCUT2D eigenvalue weighted by molar-refractivity contribution is 5.89. The van der Waals surface area contributed by atoms with Crippen molar-refractivity contribution in [3.8, 4) is 5.75 Å². The smallest absolute Gasteiger partial charge is 0.338 e. The van der Waals surface area contributed by atoms with Gasteiger partial charge in [0.2, 0.25) is 0 Å². The van der Waals surface area contributed by atoms with Crippen molar-refractivity contribution in [1.82, 2.24) is 0 Å². The Balaban J connectivity index is 1.60. The van der Waals surface area contributed by atoms with Crippen LogP contribution in [0.5, 0.6) is 5.75 Å². The molecule has 0 fully saturated rings. The van der Waals surface area contributed by atoms with E-state index in [9.17, 15) is 4.79 Å². The van der Waals surface area contributed by atoms with E-state index in [4.69, 9.17) is 14.2 Å². The first-order chi connectivity index (χ1) is 13.6. The molecule has 0 radical (unpaired) electrons. The van der Waals surface area contributed by atoms with Crippen molar-refractivity contribution >= 4 is 5.97 Å². The number of esters is 1. The lowest BCUT2D eigenvalue weighted by Crippen LogP contribution is -2.18. The molecule has 0 saturated carbocycles. The summed E-state index contributed by atoms with van der Waals surface area (Å²) in [6.45, 7) is 4.28. The molecule has 3 rings (SSSR count). The first-order valence-electron chi connectivity index (χ1n) is 9.21. The molecule has 28 heavy (non-hydrogen) atoms. The van der Waals surface area contributed by atoms with Crippen molar-refractivity contribution in [2.75, 3.05) is 13.4 Å². The highest BCUT2D eigenvalue weighted by atomic mass is 16.7. The van der Waals surface area contributed by atoms with Crippen LogP contribution in [0, 0.1) is 13.8 Å². The molecule has 144 valence electrons. The number of ether oxygens (including phenoxy) is 3. The third-order valence-corrected chi connectivity index (χ3v) is 4.31. The van der Waals surface area contributed by atoms with Crippen LogP contribution in [0.1, 0.15) is 33.2 Å². The van der Waals surface area contributed by atoms with E-state index in [1.165, 1.54) is 5.56 Å². The lowest BCUT2D eigenvalue weighted by molar-refractivity contribution is -0.0429. The molecule has 3 aromatic carbocycles. The third-order valence-electron chi connectivity index (χ3n) is 4.31. The second-order valence-corrected chi connectivity index (χ2v) is 6.62. The summed E-state index contributed by atoms with van der Waals surface area (Å²) in [5.74, 6) is 0.357. The normalized spacial score (nSPS) is 11.6. The van der Waals surface area contributed by atoms with Crippen molar-refractivity contribution in [2.45, 2.75) is 20.0 Å². The summed E-state index contributed by atoms with van der Waals surface area (Å²) < 4.78 is 16.9. The molecule has 0 aliphatic rings. The van der Waals surface area contributed by atoms with Crippen LogP contribution < -0.4 is 4.74 Å². The fourth-order valence-electron chi connectivity index (χ4n) is 2.65. The van der Waals surface area contributed by atoms with Gasteiger partial charge in [-0.3, -0.25) is 0 Å². The van der Waals surface area contributed by atoms with Crippen molar-refractivity contribution in [1.29, 1.82) is 0 Å². The van der Waals surface area contributed by atoms with E-state index in [1.807, 2.05) is 80.6 Å². The standard InChI is InChI=1S/C24H24O4/c1-18-8-12-21(13-9-18)24(25)28-23(20-6-4-3-5-7-20)16-26-17-27-22-14-10-19(2)11-15-22/h3-15,23H,16-17H2,1-2H3. The van der Waals surface area contributed by atoms with E-state index < -0.39 is 6.10 Å². The molecule has 0 saturated heterocycles. The number of hydrogen-bond donors (Lipinski definition) is 0. The van der Waals surface area contributed by atoms with E-state index in [0.29, 0.717) is 5.56 Å². The lowest BCUT2D eigenvalue weighted by Gasteiger charge is -2.19. The summed E-state index contributed by atoms with van der Waals surface area (Å²) >= 11 is 0. The van der Waals surface area contributed by atoms with Crippen LogP contribution in [-0.2, 0) is 9.47 Å². The van der Waals surface area contributed by atoms with Crippen LogP contribution >= 0.6 is 0 Å². The third kappa shape index (κ3) is 5.69. The quantitative estimate of drug-likeness (QED) is 0.306. The van der Waals surface area contributed by atoms with Gasteiger partial charge in [0, 0.05) is 0 Å². The molecule has 4 heteroatoms. The number of carbonyl (C=O) groups excluding carboxylic acids is 1. The van der Waals surface area contributed by atoms with E-state index >= 15 is 0 Å². The molecule has 1 unspecified atom stereocenters. The molecule has 0 heterocycles. The van der Waals surface area contributed by atoms with Gasteiger partial charge in [-0.25, -0.2) is 4.79 Å². The molecule has 0 amide bonds. The van der Waals surface area contributed by atoms with E-state index in [2.05, 4.69) is 0 Å². The van der Waals surface area contributed by atoms with Crippen molar-refractivity contribution in [2.24, 2.45) is 0 Å². The first kappa shape index (κ1) is 19.6. The number of rotatable bonds is 8. The Labute approximate surface area is 165 Å². The highest BCUT2D eigenvalue weighted by Crippen LogP contribution is 2.20. The topological polar surface area (TPSA) is 44.8 Å². The number of carbonyl (C=O) groups is 1. The van der Waals surface area contributed by atoms with Crippen molar-refractivity contribution < 1.29 is 19.0 Å². The maximum Gasteiger partial charge on any atom is 0.338 e. The number of hydrogen-bond acceptors (Lipinski definition) is 4. The zero-order valence-corrected chi connectivity index (χ0v) is 16.1. The van der Waals surface area contributed by atoms with Gasteiger partial charge >= 0.3 is 5.97 Å². The second kappa shape index (κ2) is 9.72. The van der Waals surface area contributed by atoms with Gasteiger partial charge in [-0.15, -0.1) is 0 Å². The zero-order chi connectivity index (χ0) is 19.8. The Morgan fingerprint density at radius 2 is 1.43 bits per heavy atom. The molecule has 0 aliphatic heterocycles. The van der Waals surface area contributed by atoms with Crippen LogP contribution in [0.25, 0.3) is 0 Å². The summed E-state index contributed by atoms with van der Waals surface area (Å²) in [5, 5.41) is 0. The van der Waals surface area contributed by atoms with Gasteiger partial charge in [-0.05, 0) is 43.7 Å². The van der Waals surface area contributed by atoms with E-state index in [0.717, 1.165) is 16.9 Å². The van der Waals surface area contributed by atoms with E-state index in [-0.39, 0.29) is 19.4 Å². The molecule has 0 N–H and O–H groups in total. The van der Waals surface area contributed by atoms with Crippen LogP contribution in [0.2, 0.25) is 0 Å². The number of aryl methyl sites for hydroxylation is 2. The Kier molecular flexibility index (Phi) is 6.82. The maximum atomic E-state index is 12.5. The Morgan fingerprint density at radius 3 is 2.07 bits per heavy atom. The average Bonchev–Trinajstić information content (AvgIpc) is 2.72. The minimum atomic E-state index is -0.517. The molecular weight excluding hydrogens is 352 g/mol. The Hall–Kier alpha value is -3.11. The summed E-state index contributed by atoms with van der Waals surface area (Å²) in [6, 6.07) is 24.6. The summed E-state index contributed by atoms with van der Waals surface area (Å²) in [5.41, 5.74) is 3.65. The minimum Gasteiger partial charge on any atom is -0.468 e. The van der Waals surface area contributed by atoms with Gasteiger partial charge in [0.1, 0.15) is 5.75 Å². The van der Waals surface area contributed by atoms with Crippen molar-refractivity contribution in [3.63, 3.8) is 0 Å². The fourth-order valence-corrected chi connectivity index (χ4v) is 2.65. The largest absolute Gasteiger partial charge is 0.468 e. The SMILES string of the molecule is Cc1ccc(OCOCC(OC(=O)c2ccc(C)cc2)c2ccccc2)cc1. The first-order valence-corrected chi connectivity index (χ1v) is 9.21. The van der Waals surface area contributed by atoms with Crippen molar-refractivity contribution in [3.05, 3.63) is 101 Å². The summed E-state index contributed by atoms with van der Waals surface area (Å²) in [4.78, 5) is 12.5. The second-order valence-electron chi connectivity index (χ2n) is 6.62. The monoisotopic (exact) mass is 376 g/mol. The van der Waals surface area contributed by atoms with E-state index in [1.54, 1.807) is 12.1 Å². The summed E-state index contributed by atoms with van der Waals surface area (Å²) in [6.07, 6.45) is -0.517. The maximum absolute atomic E-state index is 12.5. The van der Waals surface area contributed by atoms with Gasteiger partial charge in [0.05, 0.1) is 12.2 Å². The summed E-state index contributed by atoms with van der Waals surface area (Å²) in [7, 11) is 0. The molecule has 4 nitrogen and oxygen atoms in total. The molecule has 0 aromatic heterocycles. The van der Waals surface area contributed by atoms with Gasteiger partial charge < -0.3 is 14.2 Å². The average molecular weight is 376 g/mol. The fraction of sp³-hybridized carbons (Fsp3) is 0.208.